The Morgan fingerprint density at radius 1 is 1.13 bits per heavy atom. The van der Waals surface area contributed by atoms with Crippen molar-refractivity contribution in [2.45, 2.75) is 24.4 Å². The number of thioether (sulfide) groups is 1. The van der Waals surface area contributed by atoms with Crippen LogP contribution in [0.4, 0.5) is 5.69 Å². The van der Waals surface area contributed by atoms with Crippen molar-refractivity contribution in [2.75, 3.05) is 17.7 Å². The lowest BCUT2D eigenvalue weighted by Gasteiger charge is -2.17. The van der Waals surface area contributed by atoms with E-state index in [9.17, 15) is 9.59 Å². The van der Waals surface area contributed by atoms with E-state index >= 15 is 0 Å². The van der Waals surface area contributed by atoms with Crippen molar-refractivity contribution >= 4 is 29.3 Å². The van der Waals surface area contributed by atoms with E-state index in [0.29, 0.717) is 19.6 Å². The fourth-order valence-electron chi connectivity index (χ4n) is 3.49. The third-order valence-corrected chi connectivity index (χ3v) is 5.92. The lowest BCUT2D eigenvalue weighted by molar-refractivity contribution is -0.126. The van der Waals surface area contributed by atoms with Gasteiger partial charge in [0, 0.05) is 30.1 Å². The van der Waals surface area contributed by atoms with Gasteiger partial charge < -0.3 is 10.2 Å². The summed E-state index contributed by atoms with van der Waals surface area (Å²) in [5, 5.41) is 7.06. The number of hydrogen-bond acceptors (Lipinski definition) is 5. The third-order valence-electron chi connectivity index (χ3n) is 5.18. The first-order valence-electron chi connectivity index (χ1n) is 9.75. The summed E-state index contributed by atoms with van der Waals surface area (Å²) in [5.74, 6) is -0.424. The van der Waals surface area contributed by atoms with Gasteiger partial charge in [0.15, 0.2) is 0 Å². The van der Waals surface area contributed by atoms with Gasteiger partial charge in [-0.2, -0.15) is 5.10 Å². The molecule has 2 heterocycles. The van der Waals surface area contributed by atoms with Crippen LogP contribution in [0.15, 0.2) is 66.1 Å². The minimum Gasteiger partial charge on any atom is -0.352 e. The SMILES string of the molecule is CSc1ccc(N2C[C@H](C(=O)NCc3ccc(Cn4cncn4)cc3)CC2=O)cc1. The zero-order valence-corrected chi connectivity index (χ0v) is 17.5. The van der Waals surface area contributed by atoms with Gasteiger partial charge >= 0.3 is 0 Å². The fraction of sp³-hybridized carbons (Fsp3) is 0.273. The highest BCUT2D eigenvalue weighted by Crippen LogP contribution is 2.27. The summed E-state index contributed by atoms with van der Waals surface area (Å²) in [7, 11) is 0. The predicted molar refractivity (Wildman–Crippen MR) is 116 cm³/mol. The van der Waals surface area contributed by atoms with Crippen LogP contribution in [0.2, 0.25) is 0 Å². The highest BCUT2D eigenvalue weighted by atomic mass is 32.2. The van der Waals surface area contributed by atoms with Crippen LogP contribution >= 0.6 is 11.8 Å². The second-order valence-electron chi connectivity index (χ2n) is 7.23. The van der Waals surface area contributed by atoms with Gasteiger partial charge in [0.05, 0.1) is 12.5 Å². The molecule has 0 saturated carbocycles. The quantitative estimate of drug-likeness (QED) is 0.594. The Labute approximate surface area is 179 Å². The maximum atomic E-state index is 12.6. The molecule has 154 valence electrons. The number of nitrogens with zero attached hydrogens (tertiary/aromatic N) is 4. The largest absolute Gasteiger partial charge is 0.352 e. The van der Waals surface area contributed by atoms with Crippen LogP contribution in [0.25, 0.3) is 0 Å². The van der Waals surface area contributed by atoms with E-state index in [1.54, 1.807) is 27.7 Å². The maximum absolute atomic E-state index is 12.6. The first-order chi connectivity index (χ1) is 14.6. The normalized spacial score (nSPS) is 16.1. The third kappa shape index (κ3) is 4.71. The van der Waals surface area contributed by atoms with E-state index < -0.39 is 0 Å². The highest BCUT2D eigenvalue weighted by molar-refractivity contribution is 7.98. The summed E-state index contributed by atoms with van der Waals surface area (Å²) in [6, 6.07) is 15.9. The number of nitrogens with one attached hydrogen (secondary N) is 1. The molecule has 8 heteroatoms. The monoisotopic (exact) mass is 421 g/mol. The first kappa shape index (κ1) is 20.2. The van der Waals surface area contributed by atoms with Gasteiger partial charge in [-0.25, -0.2) is 9.67 Å². The molecule has 30 heavy (non-hydrogen) atoms. The van der Waals surface area contributed by atoms with Gasteiger partial charge in [0.2, 0.25) is 11.8 Å². The molecular weight excluding hydrogens is 398 g/mol. The van der Waals surface area contributed by atoms with Gasteiger partial charge in [-0.3, -0.25) is 9.59 Å². The fourth-order valence-corrected chi connectivity index (χ4v) is 3.90. The van der Waals surface area contributed by atoms with Crippen LogP contribution in [-0.4, -0.2) is 39.4 Å². The molecule has 0 unspecified atom stereocenters. The van der Waals surface area contributed by atoms with E-state index in [2.05, 4.69) is 15.4 Å². The van der Waals surface area contributed by atoms with Crippen molar-refractivity contribution in [2.24, 2.45) is 5.92 Å². The van der Waals surface area contributed by atoms with Gasteiger partial charge in [-0.15, -0.1) is 11.8 Å². The first-order valence-corrected chi connectivity index (χ1v) is 11.0. The summed E-state index contributed by atoms with van der Waals surface area (Å²) >= 11 is 1.66. The van der Waals surface area contributed by atoms with Crippen molar-refractivity contribution in [3.63, 3.8) is 0 Å². The van der Waals surface area contributed by atoms with Gasteiger partial charge in [0.25, 0.3) is 0 Å². The molecule has 0 aliphatic carbocycles. The molecule has 0 spiro atoms. The second-order valence-corrected chi connectivity index (χ2v) is 8.11. The minimum atomic E-state index is -0.329. The van der Waals surface area contributed by atoms with Crippen LogP contribution < -0.4 is 10.2 Å². The van der Waals surface area contributed by atoms with Crippen molar-refractivity contribution in [1.29, 1.82) is 0 Å². The number of anilines is 1. The summed E-state index contributed by atoms with van der Waals surface area (Å²) in [6.07, 6.45) is 5.45. The number of benzene rings is 2. The van der Waals surface area contributed by atoms with Crippen molar-refractivity contribution in [3.8, 4) is 0 Å². The van der Waals surface area contributed by atoms with Crippen LogP contribution in [0, 0.1) is 5.92 Å². The molecule has 4 rings (SSSR count). The highest BCUT2D eigenvalue weighted by Gasteiger charge is 2.34. The maximum Gasteiger partial charge on any atom is 0.227 e. The van der Waals surface area contributed by atoms with Crippen LogP contribution in [-0.2, 0) is 22.7 Å². The Kier molecular flexibility index (Phi) is 6.13. The molecule has 2 aromatic carbocycles. The van der Waals surface area contributed by atoms with Crippen molar-refractivity contribution in [1.82, 2.24) is 20.1 Å². The molecule has 7 nitrogen and oxygen atoms in total. The molecular formula is C22H23N5O2S. The molecule has 1 fully saturated rings. The average molecular weight is 422 g/mol. The average Bonchev–Trinajstić information content (AvgIpc) is 3.43. The molecule has 1 N–H and O–H groups in total. The van der Waals surface area contributed by atoms with Crippen LogP contribution in [0.3, 0.4) is 0 Å². The van der Waals surface area contributed by atoms with Gasteiger partial charge in [0.1, 0.15) is 12.7 Å². The van der Waals surface area contributed by atoms with E-state index in [0.717, 1.165) is 21.7 Å². The molecule has 1 aliphatic heterocycles. The van der Waals surface area contributed by atoms with Crippen LogP contribution in [0.1, 0.15) is 17.5 Å². The Bertz CT molecular complexity index is 1000. The van der Waals surface area contributed by atoms with Gasteiger partial charge in [-0.05, 0) is 41.6 Å². The van der Waals surface area contributed by atoms with Gasteiger partial charge in [-0.1, -0.05) is 24.3 Å². The molecule has 2 amide bonds. The Balaban J connectivity index is 1.30. The zero-order chi connectivity index (χ0) is 20.9. The number of rotatable bonds is 7. The number of hydrogen-bond donors (Lipinski definition) is 1. The Hall–Kier alpha value is -3.13. The molecule has 1 aliphatic rings. The minimum absolute atomic E-state index is 0.00971. The number of carbonyl (C=O) groups is 2. The van der Waals surface area contributed by atoms with E-state index in [-0.39, 0.29) is 24.2 Å². The van der Waals surface area contributed by atoms with E-state index in [4.69, 9.17) is 0 Å². The summed E-state index contributed by atoms with van der Waals surface area (Å²) < 4.78 is 1.76. The van der Waals surface area contributed by atoms with Crippen molar-refractivity contribution in [3.05, 3.63) is 72.3 Å². The summed E-state index contributed by atoms with van der Waals surface area (Å²) in [4.78, 5) is 31.8. The topological polar surface area (TPSA) is 80.1 Å². The summed E-state index contributed by atoms with van der Waals surface area (Å²) in [5.41, 5.74) is 2.97. The molecule has 1 saturated heterocycles. The molecule has 3 aromatic rings. The lowest BCUT2D eigenvalue weighted by atomic mass is 10.1. The Morgan fingerprint density at radius 2 is 1.87 bits per heavy atom. The molecule has 0 radical (unpaired) electrons. The van der Waals surface area contributed by atoms with E-state index in [1.165, 1.54) is 6.33 Å². The van der Waals surface area contributed by atoms with E-state index in [1.807, 2.05) is 54.8 Å². The summed E-state index contributed by atoms with van der Waals surface area (Å²) in [6.45, 7) is 1.51. The Morgan fingerprint density at radius 3 is 2.53 bits per heavy atom. The lowest BCUT2D eigenvalue weighted by Crippen LogP contribution is -2.32. The standard InChI is InChI=1S/C22H23N5O2S/c1-30-20-8-6-19(7-9-20)27-13-18(10-21(27)28)22(29)24-11-16-2-4-17(5-3-16)12-26-15-23-14-25-26/h2-9,14-15,18H,10-13H2,1H3,(H,24,29)/t18-/m1/s1. The number of carbonyl (C=O) groups excluding carboxylic acids is 2. The predicted octanol–water partition coefficient (Wildman–Crippen LogP) is 2.72. The van der Waals surface area contributed by atoms with Crippen LogP contribution in [0.5, 0.6) is 0 Å². The molecule has 1 atom stereocenters. The smallest absolute Gasteiger partial charge is 0.227 e. The second kappa shape index (κ2) is 9.13. The number of aromatic nitrogens is 3. The molecule has 0 bridgehead atoms. The molecule has 1 aromatic heterocycles. The number of amides is 2. The van der Waals surface area contributed by atoms with Crippen molar-refractivity contribution < 1.29 is 9.59 Å². The zero-order valence-electron chi connectivity index (χ0n) is 16.7.